The summed E-state index contributed by atoms with van der Waals surface area (Å²) < 4.78 is 19.5. The van der Waals surface area contributed by atoms with Gasteiger partial charge in [-0.05, 0) is 67.1 Å². The van der Waals surface area contributed by atoms with Crippen molar-refractivity contribution in [2.75, 3.05) is 17.3 Å². The highest BCUT2D eigenvalue weighted by Crippen LogP contribution is 2.43. The van der Waals surface area contributed by atoms with Crippen LogP contribution in [0.25, 0.3) is 5.76 Å². The van der Waals surface area contributed by atoms with Gasteiger partial charge in [0.15, 0.2) is 0 Å². The van der Waals surface area contributed by atoms with Crippen molar-refractivity contribution in [3.63, 3.8) is 0 Å². The number of methoxy groups -OCH3 is 1. The van der Waals surface area contributed by atoms with E-state index in [0.717, 1.165) is 23.0 Å². The first-order chi connectivity index (χ1) is 18.4. The zero-order chi connectivity index (χ0) is 26.8. The van der Waals surface area contributed by atoms with E-state index in [4.69, 9.17) is 4.74 Å². The highest BCUT2D eigenvalue weighted by molar-refractivity contribution is 6.51. The molecule has 1 atom stereocenters. The molecule has 0 aliphatic carbocycles. The van der Waals surface area contributed by atoms with Crippen molar-refractivity contribution in [2.45, 2.75) is 13.0 Å². The zero-order valence-corrected chi connectivity index (χ0v) is 20.8. The summed E-state index contributed by atoms with van der Waals surface area (Å²) in [6.07, 6.45) is 0. The summed E-state index contributed by atoms with van der Waals surface area (Å²) in [5, 5.41) is 14.6. The van der Waals surface area contributed by atoms with Gasteiger partial charge in [0.2, 0.25) is 0 Å². The summed E-state index contributed by atoms with van der Waals surface area (Å²) in [5.41, 5.74) is 3.58. The maximum absolute atomic E-state index is 14.2. The Kier molecular flexibility index (Phi) is 6.66. The number of amides is 1. The first-order valence-corrected chi connectivity index (χ1v) is 12.0. The lowest BCUT2D eigenvalue weighted by Gasteiger charge is -2.26. The monoisotopic (exact) mass is 508 g/mol. The van der Waals surface area contributed by atoms with E-state index in [1.54, 1.807) is 18.2 Å². The molecular formula is C31H25FN2O4. The normalized spacial score (nSPS) is 16.5. The fraction of sp³-hybridized carbons (Fsp3) is 0.0968. The van der Waals surface area contributed by atoms with Crippen molar-refractivity contribution in [1.29, 1.82) is 0 Å². The Morgan fingerprint density at radius 2 is 1.61 bits per heavy atom. The quantitative estimate of drug-likeness (QED) is 0.176. The minimum atomic E-state index is -0.934. The molecule has 0 spiro atoms. The lowest BCUT2D eigenvalue weighted by atomic mass is 9.94. The molecule has 0 bridgehead atoms. The van der Waals surface area contributed by atoms with Crippen LogP contribution in [-0.4, -0.2) is 23.9 Å². The summed E-state index contributed by atoms with van der Waals surface area (Å²) in [4.78, 5) is 28.2. The Bertz CT molecular complexity index is 1550. The molecule has 38 heavy (non-hydrogen) atoms. The lowest BCUT2D eigenvalue weighted by Crippen LogP contribution is -2.29. The minimum Gasteiger partial charge on any atom is -0.507 e. The van der Waals surface area contributed by atoms with E-state index < -0.39 is 29.3 Å². The number of nitrogens with zero attached hydrogens (tertiary/aromatic N) is 1. The number of aliphatic hydroxyl groups excluding tert-OH is 1. The topological polar surface area (TPSA) is 78.9 Å². The van der Waals surface area contributed by atoms with Crippen LogP contribution in [0.5, 0.6) is 5.75 Å². The van der Waals surface area contributed by atoms with Gasteiger partial charge >= 0.3 is 0 Å². The minimum absolute atomic E-state index is 0.00874. The predicted octanol–water partition coefficient (Wildman–Crippen LogP) is 6.51. The Morgan fingerprint density at radius 3 is 2.29 bits per heavy atom. The molecule has 5 rings (SSSR count). The van der Waals surface area contributed by atoms with E-state index in [2.05, 4.69) is 5.32 Å². The number of ether oxygens (including phenoxy) is 1. The second kappa shape index (κ2) is 10.2. The highest BCUT2D eigenvalue weighted by atomic mass is 19.1. The molecule has 1 saturated heterocycles. The number of anilines is 3. The van der Waals surface area contributed by atoms with E-state index >= 15 is 0 Å². The maximum Gasteiger partial charge on any atom is 0.300 e. The molecule has 1 fully saturated rings. The first kappa shape index (κ1) is 24.8. The zero-order valence-electron chi connectivity index (χ0n) is 20.8. The summed E-state index contributed by atoms with van der Waals surface area (Å²) >= 11 is 0. The Hall–Kier alpha value is -4.91. The Labute approximate surface area is 219 Å². The van der Waals surface area contributed by atoms with Crippen LogP contribution in [0, 0.1) is 12.7 Å². The van der Waals surface area contributed by atoms with Gasteiger partial charge in [0, 0.05) is 17.1 Å². The molecule has 1 unspecified atom stereocenters. The fourth-order valence-corrected chi connectivity index (χ4v) is 4.66. The smallest absolute Gasteiger partial charge is 0.300 e. The number of rotatable bonds is 6. The van der Waals surface area contributed by atoms with Gasteiger partial charge in [-0.1, -0.05) is 48.0 Å². The van der Waals surface area contributed by atoms with E-state index in [0.29, 0.717) is 11.3 Å². The summed E-state index contributed by atoms with van der Waals surface area (Å²) in [5.74, 6) is -2.61. The average molecular weight is 509 g/mol. The van der Waals surface area contributed by atoms with Crippen LogP contribution in [0.3, 0.4) is 0 Å². The SMILES string of the molecule is COc1ccc(F)cc1/C(O)=C1\C(=O)C(=O)N(c2ccc(Nc3ccccc3)cc2)C1c1cccc(C)c1. The van der Waals surface area contributed by atoms with Crippen molar-refractivity contribution in [2.24, 2.45) is 0 Å². The van der Waals surface area contributed by atoms with Crippen LogP contribution >= 0.6 is 0 Å². The number of carbonyl (C=O) groups excluding carboxylic acids is 2. The third kappa shape index (κ3) is 4.62. The number of Topliss-reactive ketones (excluding diaryl/α,β-unsaturated/α-hetero) is 1. The van der Waals surface area contributed by atoms with E-state index in [1.807, 2.05) is 67.6 Å². The largest absolute Gasteiger partial charge is 0.507 e. The van der Waals surface area contributed by atoms with Gasteiger partial charge < -0.3 is 15.2 Å². The van der Waals surface area contributed by atoms with Crippen LogP contribution in [0.1, 0.15) is 22.7 Å². The number of aliphatic hydroxyl groups is 1. The number of para-hydroxylation sites is 1. The fourth-order valence-electron chi connectivity index (χ4n) is 4.66. The molecule has 0 saturated carbocycles. The lowest BCUT2D eigenvalue weighted by molar-refractivity contribution is -0.132. The number of hydrogen-bond donors (Lipinski definition) is 2. The molecule has 0 radical (unpaired) electrons. The summed E-state index contributed by atoms with van der Waals surface area (Å²) in [6.45, 7) is 1.90. The van der Waals surface area contributed by atoms with Gasteiger partial charge in [-0.2, -0.15) is 0 Å². The highest BCUT2D eigenvalue weighted by Gasteiger charge is 2.47. The van der Waals surface area contributed by atoms with Gasteiger partial charge in [-0.15, -0.1) is 0 Å². The van der Waals surface area contributed by atoms with Gasteiger partial charge in [0.1, 0.15) is 17.3 Å². The number of aryl methyl sites for hydroxylation is 1. The number of ketones is 1. The van der Waals surface area contributed by atoms with Crippen molar-refractivity contribution < 1.29 is 23.8 Å². The molecule has 1 aliphatic heterocycles. The summed E-state index contributed by atoms with van der Waals surface area (Å²) in [7, 11) is 1.38. The Morgan fingerprint density at radius 1 is 0.895 bits per heavy atom. The molecule has 4 aromatic rings. The third-order valence-corrected chi connectivity index (χ3v) is 6.43. The molecule has 4 aromatic carbocycles. The maximum atomic E-state index is 14.2. The van der Waals surface area contributed by atoms with E-state index in [-0.39, 0.29) is 16.9 Å². The molecule has 190 valence electrons. The standard InChI is InChI=1S/C31H25FN2O4/c1-19-7-6-8-20(17-19)28-27(29(35)25-18-21(32)11-16-26(25)38-2)30(36)31(37)34(28)24-14-12-23(13-15-24)33-22-9-4-3-5-10-22/h3-18,28,33,35H,1-2H3/b29-27+. The van der Waals surface area contributed by atoms with Crippen LogP contribution in [-0.2, 0) is 9.59 Å². The number of halogens is 1. The van der Waals surface area contributed by atoms with Crippen molar-refractivity contribution in [1.82, 2.24) is 0 Å². The molecule has 1 aliphatic rings. The van der Waals surface area contributed by atoms with Crippen LogP contribution in [0.15, 0.2) is 103 Å². The van der Waals surface area contributed by atoms with Gasteiger partial charge in [0.05, 0.1) is 24.3 Å². The van der Waals surface area contributed by atoms with Gasteiger partial charge in [0.25, 0.3) is 11.7 Å². The molecular weight excluding hydrogens is 483 g/mol. The van der Waals surface area contributed by atoms with Crippen LogP contribution in [0.2, 0.25) is 0 Å². The second-order valence-corrected chi connectivity index (χ2v) is 8.97. The molecule has 6 nitrogen and oxygen atoms in total. The van der Waals surface area contributed by atoms with Crippen molar-refractivity contribution >= 4 is 34.5 Å². The van der Waals surface area contributed by atoms with E-state index in [1.165, 1.54) is 24.1 Å². The molecule has 1 amide bonds. The first-order valence-electron chi connectivity index (χ1n) is 12.0. The molecule has 7 heteroatoms. The molecule has 0 aromatic heterocycles. The van der Waals surface area contributed by atoms with E-state index in [9.17, 15) is 19.1 Å². The third-order valence-electron chi connectivity index (χ3n) is 6.43. The number of carbonyl (C=O) groups is 2. The van der Waals surface area contributed by atoms with Crippen LogP contribution < -0.4 is 15.0 Å². The molecule has 1 heterocycles. The number of nitrogens with one attached hydrogen (secondary N) is 1. The van der Waals surface area contributed by atoms with Gasteiger partial charge in [-0.3, -0.25) is 14.5 Å². The molecule has 2 N–H and O–H groups in total. The van der Waals surface area contributed by atoms with Crippen molar-refractivity contribution in [3.05, 3.63) is 125 Å². The number of benzene rings is 4. The number of hydrogen-bond acceptors (Lipinski definition) is 5. The predicted molar refractivity (Wildman–Crippen MR) is 145 cm³/mol. The Balaban J connectivity index is 1.63. The van der Waals surface area contributed by atoms with Gasteiger partial charge in [-0.25, -0.2) is 4.39 Å². The van der Waals surface area contributed by atoms with Crippen molar-refractivity contribution in [3.8, 4) is 5.75 Å². The average Bonchev–Trinajstić information content (AvgIpc) is 3.19. The second-order valence-electron chi connectivity index (χ2n) is 8.97. The summed E-state index contributed by atoms with van der Waals surface area (Å²) in [6, 6.07) is 26.8. The van der Waals surface area contributed by atoms with Crippen LogP contribution in [0.4, 0.5) is 21.5 Å².